The lowest BCUT2D eigenvalue weighted by molar-refractivity contribution is -0.138. The van der Waals surface area contributed by atoms with Crippen LogP contribution in [-0.4, -0.2) is 35.6 Å². The number of nitrogens with zero attached hydrogens (tertiary/aromatic N) is 1. The minimum atomic E-state index is -0.700. The van der Waals surface area contributed by atoms with E-state index in [1.54, 1.807) is 0 Å². The van der Waals surface area contributed by atoms with Crippen LogP contribution in [0.15, 0.2) is 0 Å². The Morgan fingerprint density at radius 3 is 2.47 bits per heavy atom. The van der Waals surface area contributed by atoms with E-state index in [9.17, 15) is 4.79 Å². The van der Waals surface area contributed by atoms with Crippen molar-refractivity contribution >= 4 is 18.4 Å². The van der Waals surface area contributed by atoms with Crippen LogP contribution in [0.25, 0.3) is 0 Å². The van der Waals surface area contributed by atoms with Crippen LogP contribution in [0.1, 0.15) is 51.9 Å². The second-order valence-corrected chi connectivity index (χ2v) is 4.96. The predicted octanol–water partition coefficient (Wildman–Crippen LogP) is 3.18. The third-order valence-electron chi connectivity index (χ3n) is 3.46. The zero-order valence-electron chi connectivity index (χ0n) is 10.9. The molecule has 0 heterocycles. The fourth-order valence-corrected chi connectivity index (χ4v) is 2.68. The van der Waals surface area contributed by atoms with Gasteiger partial charge < -0.3 is 5.11 Å². The van der Waals surface area contributed by atoms with Gasteiger partial charge in [-0.25, -0.2) is 0 Å². The zero-order chi connectivity index (χ0) is 11.8. The molecule has 0 atom stereocenters. The first-order valence-electron chi connectivity index (χ1n) is 6.66. The van der Waals surface area contributed by atoms with Gasteiger partial charge in [0.2, 0.25) is 0 Å². The molecule has 1 rings (SSSR count). The minimum Gasteiger partial charge on any atom is -0.480 e. The van der Waals surface area contributed by atoms with Gasteiger partial charge in [-0.15, -0.1) is 12.4 Å². The topological polar surface area (TPSA) is 40.5 Å². The van der Waals surface area contributed by atoms with E-state index in [2.05, 4.69) is 11.8 Å². The van der Waals surface area contributed by atoms with Gasteiger partial charge in [0.25, 0.3) is 0 Å². The van der Waals surface area contributed by atoms with Crippen molar-refractivity contribution in [1.82, 2.24) is 4.90 Å². The van der Waals surface area contributed by atoms with Crippen LogP contribution in [0.3, 0.4) is 0 Å². The van der Waals surface area contributed by atoms with Gasteiger partial charge in [0.1, 0.15) is 0 Å². The van der Waals surface area contributed by atoms with E-state index in [0.29, 0.717) is 0 Å². The monoisotopic (exact) mass is 263 g/mol. The molecule has 1 N–H and O–H groups in total. The van der Waals surface area contributed by atoms with Gasteiger partial charge in [-0.05, 0) is 38.3 Å². The van der Waals surface area contributed by atoms with Crippen LogP contribution in [0.5, 0.6) is 0 Å². The van der Waals surface area contributed by atoms with Crippen molar-refractivity contribution in [2.75, 3.05) is 19.6 Å². The second-order valence-electron chi connectivity index (χ2n) is 4.96. The number of hydrogen-bond donors (Lipinski definition) is 1. The van der Waals surface area contributed by atoms with E-state index < -0.39 is 5.97 Å². The van der Waals surface area contributed by atoms with Gasteiger partial charge in [0.05, 0.1) is 6.54 Å². The largest absolute Gasteiger partial charge is 0.480 e. The number of halogens is 1. The molecule has 0 radical (unpaired) electrons. The smallest absolute Gasteiger partial charge is 0.317 e. The first-order chi connectivity index (χ1) is 7.72. The number of carboxylic acid groups (broad SMARTS) is 1. The lowest BCUT2D eigenvalue weighted by Gasteiger charge is -2.20. The Kier molecular flexibility index (Phi) is 9.56. The molecule has 17 heavy (non-hydrogen) atoms. The Hall–Kier alpha value is -0.280. The van der Waals surface area contributed by atoms with Crippen molar-refractivity contribution in [2.24, 2.45) is 5.92 Å². The third-order valence-corrected chi connectivity index (χ3v) is 3.46. The first-order valence-corrected chi connectivity index (χ1v) is 6.66. The first kappa shape index (κ1) is 16.7. The molecule has 3 nitrogen and oxygen atoms in total. The quantitative estimate of drug-likeness (QED) is 0.731. The fourth-order valence-electron chi connectivity index (χ4n) is 2.68. The molecular weight excluding hydrogens is 238 g/mol. The Morgan fingerprint density at radius 1 is 1.29 bits per heavy atom. The summed E-state index contributed by atoms with van der Waals surface area (Å²) in [7, 11) is 0. The molecule has 4 heteroatoms. The molecule has 1 aliphatic rings. The number of carbonyl (C=O) groups is 1. The van der Waals surface area contributed by atoms with Gasteiger partial charge in [-0.2, -0.15) is 0 Å². The highest BCUT2D eigenvalue weighted by atomic mass is 35.5. The predicted molar refractivity (Wildman–Crippen MR) is 72.8 cm³/mol. The molecule has 0 spiro atoms. The van der Waals surface area contributed by atoms with Crippen LogP contribution in [0.4, 0.5) is 0 Å². The molecule has 0 aromatic rings. The Bertz CT molecular complexity index is 206. The van der Waals surface area contributed by atoms with Crippen LogP contribution >= 0.6 is 12.4 Å². The van der Waals surface area contributed by atoms with Crippen molar-refractivity contribution in [3.8, 4) is 0 Å². The van der Waals surface area contributed by atoms with Gasteiger partial charge in [0.15, 0.2) is 0 Å². The molecule has 1 aliphatic carbocycles. The Labute approximate surface area is 111 Å². The molecule has 0 aromatic carbocycles. The third kappa shape index (κ3) is 7.61. The lowest BCUT2D eigenvalue weighted by Crippen LogP contribution is -2.31. The van der Waals surface area contributed by atoms with Crippen molar-refractivity contribution in [2.45, 2.75) is 51.9 Å². The van der Waals surface area contributed by atoms with E-state index >= 15 is 0 Å². The molecule has 102 valence electrons. The van der Waals surface area contributed by atoms with Crippen molar-refractivity contribution in [1.29, 1.82) is 0 Å². The van der Waals surface area contributed by atoms with Crippen LogP contribution < -0.4 is 0 Å². The Balaban J connectivity index is 0.00000256. The molecule has 0 saturated heterocycles. The van der Waals surface area contributed by atoms with Gasteiger partial charge in [0, 0.05) is 0 Å². The summed E-state index contributed by atoms with van der Waals surface area (Å²) in [5, 5.41) is 8.78. The number of aliphatic carboxylic acids is 1. The summed E-state index contributed by atoms with van der Waals surface area (Å²) < 4.78 is 0. The minimum absolute atomic E-state index is 0. The summed E-state index contributed by atoms with van der Waals surface area (Å²) in [5.74, 6) is 0.225. The molecule has 1 fully saturated rings. The molecule has 1 saturated carbocycles. The Morgan fingerprint density at radius 2 is 1.94 bits per heavy atom. The molecule has 0 bridgehead atoms. The number of hydrogen-bond acceptors (Lipinski definition) is 2. The highest BCUT2D eigenvalue weighted by Crippen LogP contribution is 2.28. The maximum absolute atomic E-state index is 10.7. The van der Waals surface area contributed by atoms with E-state index in [-0.39, 0.29) is 19.0 Å². The zero-order valence-corrected chi connectivity index (χ0v) is 11.7. The lowest BCUT2D eigenvalue weighted by atomic mass is 10.0. The molecule has 0 unspecified atom stereocenters. The van der Waals surface area contributed by atoms with Gasteiger partial charge in [-0.1, -0.05) is 32.6 Å². The van der Waals surface area contributed by atoms with Crippen molar-refractivity contribution < 1.29 is 9.90 Å². The normalized spacial score (nSPS) is 16.1. The van der Waals surface area contributed by atoms with E-state index in [0.717, 1.165) is 31.8 Å². The average molecular weight is 264 g/mol. The number of rotatable bonds is 8. The summed E-state index contributed by atoms with van der Waals surface area (Å²) in [6, 6.07) is 0. The summed E-state index contributed by atoms with van der Waals surface area (Å²) >= 11 is 0. The van der Waals surface area contributed by atoms with Crippen molar-refractivity contribution in [3.63, 3.8) is 0 Å². The maximum Gasteiger partial charge on any atom is 0.317 e. The highest BCUT2D eigenvalue weighted by molar-refractivity contribution is 5.85. The average Bonchev–Trinajstić information content (AvgIpc) is 2.70. The molecule has 0 aromatic heterocycles. The summed E-state index contributed by atoms with van der Waals surface area (Å²) in [6.07, 6.45) is 9.09. The second kappa shape index (κ2) is 9.72. The van der Waals surface area contributed by atoms with Crippen LogP contribution in [-0.2, 0) is 4.79 Å². The molecular formula is C13H26ClNO2. The molecule has 0 amide bonds. The van der Waals surface area contributed by atoms with Gasteiger partial charge in [-0.3, -0.25) is 9.69 Å². The maximum atomic E-state index is 10.7. The highest BCUT2D eigenvalue weighted by Gasteiger charge is 2.15. The SMILES string of the molecule is CCCN(CCCC1CCCC1)CC(=O)O.Cl. The standard InChI is InChI=1S/C13H25NO2.ClH/c1-2-9-14(11-13(15)16)10-5-8-12-6-3-4-7-12;/h12H,2-11H2,1H3,(H,15,16);1H. The van der Waals surface area contributed by atoms with E-state index in [1.165, 1.54) is 32.1 Å². The summed E-state index contributed by atoms with van der Waals surface area (Å²) in [5.41, 5.74) is 0. The number of carboxylic acids is 1. The van der Waals surface area contributed by atoms with Crippen molar-refractivity contribution in [3.05, 3.63) is 0 Å². The summed E-state index contributed by atoms with van der Waals surface area (Å²) in [4.78, 5) is 12.7. The van der Waals surface area contributed by atoms with Gasteiger partial charge >= 0.3 is 5.97 Å². The van der Waals surface area contributed by atoms with Crippen LogP contribution in [0.2, 0.25) is 0 Å². The molecule has 0 aliphatic heterocycles. The summed E-state index contributed by atoms with van der Waals surface area (Å²) in [6.45, 7) is 4.18. The van der Waals surface area contributed by atoms with E-state index in [4.69, 9.17) is 5.11 Å². The van der Waals surface area contributed by atoms with Crippen LogP contribution in [0, 0.1) is 5.92 Å². The fraction of sp³-hybridized carbons (Fsp3) is 0.923. The van der Waals surface area contributed by atoms with E-state index in [1.807, 2.05) is 0 Å².